The fraction of sp³-hybridized carbons (Fsp3) is 0.235. The summed E-state index contributed by atoms with van der Waals surface area (Å²) in [7, 11) is 2.10. The van der Waals surface area contributed by atoms with Gasteiger partial charge in [0.15, 0.2) is 0 Å². The Hall–Kier alpha value is -1.84. The normalized spacial score (nSPS) is 10.2. The first kappa shape index (κ1) is 17.2. The predicted octanol–water partition coefficient (Wildman–Crippen LogP) is 3.48. The van der Waals surface area contributed by atoms with Crippen LogP contribution in [0.15, 0.2) is 54.6 Å². The Morgan fingerprint density at radius 2 is 1.62 bits per heavy atom. The molecule has 0 aliphatic rings. The number of benzene rings is 2. The highest BCUT2D eigenvalue weighted by Crippen LogP contribution is 2.07. The van der Waals surface area contributed by atoms with E-state index in [-0.39, 0.29) is 12.4 Å². The average Bonchev–Trinajstić information content (AvgIpc) is 2.46. The lowest BCUT2D eigenvalue weighted by Crippen LogP contribution is -2.20. The first-order valence-corrected chi connectivity index (χ1v) is 6.70. The van der Waals surface area contributed by atoms with E-state index in [0.717, 1.165) is 25.1 Å². The zero-order valence-corrected chi connectivity index (χ0v) is 12.8. The first-order chi connectivity index (χ1) is 9.65. The minimum absolute atomic E-state index is 0. The number of rotatable bonds is 6. The Kier molecular flexibility index (Phi) is 6.92. The van der Waals surface area contributed by atoms with Crippen molar-refractivity contribution in [3.05, 3.63) is 71.3 Å². The van der Waals surface area contributed by atoms with Crippen molar-refractivity contribution in [1.82, 2.24) is 4.90 Å². The molecule has 1 N–H and O–H groups in total. The highest BCUT2D eigenvalue weighted by Gasteiger charge is 2.03. The minimum atomic E-state index is -0.877. The number of carboxylic acids is 1. The Bertz CT molecular complexity index is 555. The zero-order valence-electron chi connectivity index (χ0n) is 12.0. The lowest BCUT2D eigenvalue weighted by Gasteiger charge is -2.16. The van der Waals surface area contributed by atoms with E-state index in [1.54, 1.807) is 12.1 Å². The summed E-state index contributed by atoms with van der Waals surface area (Å²) >= 11 is 0. The number of likely N-dealkylation sites (N-methyl/N-ethyl adjacent to an activating group) is 1. The van der Waals surface area contributed by atoms with Gasteiger partial charge in [0.1, 0.15) is 0 Å². The van der Waals surface area contributed by atoms with Crippen LogP contribution in [0.5, 0.6) is 0 Å². The van der Waals surface area contributed by atoms with Crippen LogP contribution in [0.2, 0.25) is 0 Å². The third kappa shape index (κ3) is 5.58. The molecule has 0 heterocycles. The molecule has 0 aliphatic carbocycles. The van der Waals surface area contributed by atoms with Crippen molar-refractivity contribution in [3.63, 3.8) is 0 Å². The smallest absolute Gasteiger partial charge is 0.335 e. The summed E-state index contributed by atoms with van der Waals surface area (Å²) in [5.41, 5.74) is 2.80. The van der Waals surface area contributed by atoms with Crippen LogP contribution < -0.4 is 0 Å². The number of hydrogen-bond donors (Lipinski definition) is 1. The van der Waals surface area contributed by atoms with Crippen LogP contribution in [0.1, 0.15) is 21.5 Å². The molecule has 0 aliphatic heterocycles. The number of halogens is 1. The van der Waals surface area contributed by atoms with E-state index in [0.29, 0.717) is 5.56 Å². The molecular formula is C17H20ClNO2. The van der Waals surface area contributed by atoms with Gasteiger partial charge in [-0.2, -0.15) is 0 Å². The molecule has 0 unspecified atom stereocenters. The summed E-state index contributed by atoms with van der Waals surface area (Å²) in [4.78, 5) is 13.0. The number of carboxylic acid groups (broad SMARTS) is 1. The van der Waals surface area contributed by atoms with Gasteiger partial charge >= 0.3 is 5.97 Å². The molecule has 0 fully saturated rings. The number of nitrogens with zero attached hydrogens (tertiary/aromatic N) is 1. The van der Waals surface area contributed by atoms with E-state index in [1.807, 2.05) is 30.3 Å². The first-order valence-electron chi connectivity index (χ1n) is 6.70. The molecule has 0 bridgehead atoms. The molecule has 0 aromatic heterocycles. The van der Waals surface area contributed by atoms with E-state index < -0.39 is 5.97 Å². The Balaban J connectivity index is 0.00000220. The molecule has 0 saturated heterocycles. The van der Waals surface area contributed by atoms with E-state index >= 15 is 0 Å². The van der Waals surface area contributed by atoms with E-state index in [9.17, 15) is 4.79 Å². The lowest BCUT2D eigenvalue weighted by molar-refractivity contribution is 0.0697. The second-order valence-electron chi connectivity index (χ2n) is 4.98. The van der Waals surface area contributed by atoms with Crippen LogP contribution in [0.4, 0.5) is 0 Å². The van der Waals surface area contributed by atoms with Gasteiger partial charge < -0.3 is 10.0 Å². The number of aromatic carboxylic acids is 1. The second kappa shape index (κ2) is 8.45. The van der Waals surface area contributed by atoms with Crippen molar-refractivity contribution in [2.75, 3.05) is 13.6 Å². The maximum atomic E-state index is 10.8. The van der Waals surface area contributed by atoms with Gasteiger partial charge in [-0.05, 0) is 36.7 Å². The van der Waals surface area contributed by atoms with Crippen LogP contribution in [-0.4, -0.2) is 29.6 Å². The number of hydrogen-bond acceptors (Lipinski definition) is 2. The molecule has 2 aromatic carbocycles. The summed E-state index contributed by atoms with van der Waals surface area (Å²) < 4.78 is 0. The van der Waals surface area contributed by atoms with E-state index in [1.165, 1.54) is 5.56 Å². The van der Waals surface area contributed by atoms with Crippen molar-refractivity contribution in [1.29, 1.82) is 0 Å². The summed E-state index contributed by atoms with van der Waals surface area (Å²) in [5.74, 6) is -0.877. The monoisotopic (exact) mass is 305 g/mol. The highest BCUT2D eigenvalue weighted by atomic mass is 35.5. The molecule has 0 atom stereocenters. The van der Waals surface area contributed by atoms with Crippen molar-refractivity contribution < 1.29 is 9.90 Å². The standard InChI is InChI=1S/C17H19NO2.ClH/c1-18(13-15-5-3-2-4-6-15)12-11-14-7-9-16(10-8-14)17(19)20;/h2-10H,11-13H2,1H3,(H,19,20);1H. The van der Waals surface area contributed by atoms with Gasteiger partial charge in [-0.25, -0.2) is 4.79 Å². The van der Waals surface area contributed by atoms with Crippen molar-refractivity contribution in [2.45, 2.75) is 13.0 Å². The maximum Gasteiger partial charge on any atom is 0.335 e. The molecule has 0 spiro atoms. The Labute approximate surface area is 131 Å². The molecule has 4 heteroatoms. The SMILES string of the molecule is CN(CCc1ccc(C(=O)O)cc1)Cc1ccccc1.Cl. The third-order valence-corrected chi connectivity index (χ3v) is 3.28. The topological polar surface area (TPSA) is 40.5 Å². The fourth-order valence-electron chi connectivity index (χ4n) is 2.11. The van der Waals surface area contributed by atoms with Crippen LogP contribution in [-0.2, 0) is 13.0 Å². The third-order valence-electron chi connectivity index (χ3n) is 3.28. The fourth-order valence-corrected chi connectivity index (χ4v) is 2.11. The average molecular weight is 306 g/mol. The van der Waals surface area contributed by atoms with E-state index in [4.69, 9.17) is 5.11 Å². The quantitative estimate of drug-likeness (QED) is 0.888. The summed E-state index contributed by atoms with van der Waals surface area (Å²) in [6.45, 7) is 1.87. The second-order valence-corrected chi connectivity index (χ2v) is 4.98. The molecule has 21 heavy (non-hydrogen) atoms. The van der Waals surface area contributed by atoms with Gasteiger partial charge in [-0.15, -0.1) is 12.4 Å². The molecule has 0 saturated carbocycles. The Morgan fingerprint density at radius 3 is 2.19 bits per heavy atom. The highest BCUT2D eigenvalue weighted by molar-refractivity contribution is 5.87. The van der Waals surface area contributed by atoms with Crippen molar-refractivity contribution in [2.24, 2.45) is 0 Å². The van der Waals surface area contributed by atoms with Gasteiger partial charge in [0.05, 0.1) is 5.56 Å². The summed E-state index contributed by atoms with van der Waals surface area (Å²) in [5, 5.41) is 8.85. The van der Waals surface area contributed by atoms with Gasteiger partial charge in [-0.3, -0.25) is 0 Å². The van der Waals surface area contributed by atoms with Gasteiger partial charge in [0.2, 0.25) is 0 Å². The Morgan fingerprint density at radius 1 is 1.00 bits per heavy atom. The molecule has 0 radical (unpaired) electrons. The molecule has 3 nitrogen and oxygen atoms in total. The molecule has 112 valence electrons. The van der Waals surface area contributed by atoms with Crippen LogP contribution in [0, 0.1) is 0 Å². The molecule has 0 amide bonds. The van der Waals surface area contributed by atoms with Gasteiger partial charge in [0.25, 0.3) is 0 Å². The maximum absolute atomic E-state index is 10.8. The zero-order chi connectivity index (χ0) is 14.4. The predicted molar refractivity (Wildman–Crippen MR) is 87.1 cm³/mol. The van der Waals surface area contributed by atoms with Crippen molar-refractivity contribution >= 4 is 18.4 Å². The van der Waals surface area contributed by atoms with E-state index in [2.05, 4.69) is 24.1 Å². The molecule has 2 rings (SSSR count). The van der Waals surface area contributed by atoms with Gasteiger partial charge in [-0.1, -0.05) is 42.5 Å². The minimum Gasteiger partial charge on any atom is -0.478 e. The number of carbonyl (C=O) groups is 1. The van der Waals surface area contributed by atoms with Crippen LogP contribution in [0.25, 0.3) is 0 Å². The summed E-state index contributed by atoms with van der Waals surface area (Å²) in [6, 6.07) is 17.5. The van der Waals surface area contributed by atoms with Crippen LogP contribution >= 0.6 is 12.4 Å². The van der Waals surface area contributed by atoms with Gasteiger partial charge in [0, 0.05) is 13.1 Å². The summed E-state index contributed by atoms with van der Waals surface area (Å²) in [6.07, 6.45) is 0.920. The largest absolute Gasteiger partial charge is 0.478 e. The lowest BCUT2D eigenvalue weighted by atomic mass is 10.1. The molecular weight excluding hydrogens is 286 g/mol. The molecule has 2 aromatic rings. The van der Waals surface area contributed by atoms with Crippen LogP contribution in [0.3, 0.4) is 0 Å². The van der Waals surface area contributed by atoms with Crippen molar-refractivity contribution in [3.8, 4) is 0 Å².